The van der Waals surface area contributed by atoms with Gasteiger partial charge in [-0.2, -0.15) is 0 Å². The zero-order valence-corrected chi connectivity index (χ0v) is 4.61. The van der Waals surface area contributed by atoms with Gasteiger partial charge in [0.1, 0.15) is 0 Å². The van der Waals surface area contributed by atoms with Crippen LogP contribution in [0.15, 0.2) is 18.8 Å². The summed E-state index contributed by atoms with van der Waals surface area (Å²) in [6, 6.07) is 1.93. The molecule has 0 aliphatic rings. The first-order valence-electron chi connectivity index (χ1n) is 1.96. The molecule has 0 aliphatic heterocycles. The zero-order valence-electron chi connectivity index (χ0n) is 3.79. The highest BCUT2D eigenvalue weighted by molar-refractivity contribution is 7.06. The molecule has 36 valence electrons. The molecular weight excluding hydrogens is 106 g/mol. The van der Waals surface area contributed by atoms with Crippen molar-refractivity contribution in [3.63, 3.8) is 0 Å². The minimum absolute atomic E-state index is 1.13. The molecule has 0 bridgehead atoms. The summed E-state index contributed by atoms with van der Waals surface area (Å²) in [6.45, 7) is 3.57. The van der Waals surface area contributed by atoms with Crippen molar-refractivity contribution in [2.24, 2.45) is 0 Å². The van der Waals surface area contributed by atoms with E-state index in [4.69, 9.17) is 0 Å². The van der Waals surface area contributed by atoms with Crippen LogP contribution in [0, 0.1) is 0 Å². The lowest BCUT2D eigenvalue weighted by Gasteiger charge is -1.68. The van der Waals surface area contributed by atoms with E-state index in [1.165, 1.54) is 11.5 Å². The maximum absolute atomic E-state index is 3.86. The minimum atomic E-state index is 1.13. The highest BCUT2D eigenvalue weighted by Crippen LogP contribution is 2.03. The van der Waals surface area contributed by atoms with Crippen molar-refractivity contribution in [2.75, 3.05) is 0 Å². The van der Waals surface area contributed by atoms with Crippen LogP contribution in [0.3, 0.4) is 0 Å². The van der Waals surface area contributed by atoms with Crippen LogP contribution in [-0.2, 0) is 0 Å². The summed E-state index contributed by atoms with van der Waals surface area (Å²) in [5, 5.41) is 0. The molecular formula is C5H5NS. The molecule has 0 radical (unpaired) electrons. The van der Waals surface area contributed by atoms with Crippen molar-refractivity contribution in [1.29, 1.82) is 0 Å². The normalized spacial score (nSPS) is 8.57. The molecule has 1 aromatic heterocycles. The van der Waals surface area contributed by atoms with Crippen LogP contribution in [0.25, 0.3) is 6.08 Å². The molecule has 0 aliphatic carbocycles. The van der Waals surface area contributed by atoms with Gasteiger partial charge in [-0.15, -0.1) is 0 Å². The third-order valence-corrected chi connectivity index (χ3v) is 1.40. The van der Waals surface area contributed by atoms with Gasteiger partial charge in [-0.05, 0) is 17.6 Å². The maximum Gasteiger partial charge on any atom is 0.0471 e. The Bertz CT molecular complexity index is 143. The average molecular weight is 111 g/mol. The molecule has 1 nitrogen and oxygen atoms in total. The van der Waals surface area contributed by atoms with Gasteiger partial charge in [0.25, 0.3) is 0 Å². The largest absolute Gasteiger partial charge is 0.201 e. The fourth-order valence-electron chi connectivity index (χ4n) is 0.331. The molecule has 0 spiro atoms. The van der Waals surface area contributed by atoms with Crippen molar-refractivity contribution >= 4 is 17.6 Å². The Labute approximate surface area is 46.5 Å². The lowest BCUT2D eigenvalue weighted by Crippen LogP contribution is -1.45. The molecule has 0 unspecified atom stereocenters. The highest BCUT2D eigenvalue weighted by atomic mass is 32.1. The predicted octanol–water partition coefficient (Wildman–Crippen LogP) is 1.79. The summed E-state index contributed by atoms with van der Waals surface area (Å²) in [7, 11) is 0. The second-order valence-electron chi connectivity index (χ2n) is 1.12. The van der Waals surface area contributed by atoms with Crippen LogP contribution in [0.5, 0.6) is 0 Å². The van der Waals surface area contributed by atoms with Gasteiger partial charge in [-0.1, -0.05) is 12.7 Å². The fourth-order valence-corrected chi connectivity index (χ4v) is 0.771. The topological polar surface area (TPSA) is 12.9 Å². The molecule has 0 N–H and O–H groups in total. The Morgan fingerprint density at radius 2 is 2.71 bits per heavy atom. The van der Waals surface area contributed by atoms with Crippen LogP contribution < -0.4 is 0 Å². The summed E-state index contributed by atoms with van der Waals surface area (Å²) in [6.07, 6.45) is 3.55. The third kappa shape index (κ3) is 0.871. The SMILES string of the molecule is C=Cc1ccns1. The van der Waals surface area contributed by atoms with Gasteiger partial charge in [0.15, 0.2) is 0 Å². The molecule has 1 aromatic rings. The van der Waals surface area contributed by atoms with E-state index in [1.54, 1.807) is 12.3 Å². The van der Waals surface area contributed by atoms with E-state index < -0.39 is 0 Å². The minimum Gasteiger partial charge on any atom is -0.201 e. The second kappa shape index (κ2) is 1.89. The fraction of sp³-hybridized carbons (Fsp3) is 0. The summed E-state index contributed by atoms with van der Waals surface area (Å²) < 4.78 is 3.86. The number of aromatic nitrogens is 1. The van der Waals surface area contributed by atoms with E-state index in [0.29, 0.717) is 0 Å². The summed E-state index contributed by atoms with van der Waals surface area (Å²) in [5.74, 6) is 0. The molecule has 0 fully saturated rings. The molecule has 0 amide bonds. The van der Waals surface area contributed by atoms with E-state index in [0.717, 1.165) is 4.88 Å². The third-order valence-electron chi connectivity index (χ3n) is 0.659. The molecule has 1 heterocycles. The van der Waals surface area contributed by atoms with Gasteiger partial charge >= 0.3 is 0 Å². The van der Waals surface area contributed by atoms with Crippen molar-refractivity contribution in [1.82, 2.24) is 4.37 Å². The maximum atomic E-state index is 3.86. The molecule has 1 rings (SSSR count). The second-order valence-corrected chi connectivity index (χ2v) is 1.98. The summed E-state index contributed by atoms with van der Waals surface area (Å²) >= 11 is 1.45. The van der Waals surface area contributed by atoms with Gasteiger partial charge in [0.2, 0.25) is 0 Å². The zero-order chi connectivity index (χ0) is 5.11. The Kier molecular flexibility index (Phi) is 1.22. The molecule has 0 aromatic carbocycles. The number of hydrogen-bond donors (Lipinski definition) is 0. The van der Waals surface area contributed by atoms with Crippen LogP contribution in [0.1, 0.15) is 4.88 Å². The Hall–Kier alpha value is -0.630. The molecule has 0 saturated carbocycles. The Balaban J connectivity index is 2.96. The number of hydrogen-bond acceptors (Lipinski definition) is 2. The average Bonchev–Trinajstić information content (AvgIpc) is 2.14. The molecule has 0 saturated heterocycles. The molecule has 0 atom stereocenters. The van der Waals surface area contributed by atoms with Gasteiger partial charge in [-0.25, -0.2) is 4.37 Å². The quantitative estimate of drug-likeness (QED) is 0.538. The van der Waals surface area contributed by atoms with Crippen molar-refractivity contribution < 1.29 is 0 Å². The smallest absolute Gasteiger partial charge is 0.0471 e. The van der Waals surface area contributed by atoms with Crippen LogP contribution >= 0.6 is 11.5 Å². The Morgan fingerprint density at radius 1 is 1.86 bits per heavy atom. The molecule has 7 heavy (non-hydrogen) atoms. The lowest BCUT2D eigenvalue weighted by atomic mass is 10.5. The van der Waals surface area contributed by atoms with Gasteiger partial charge in [-0.3, -0.25) is 0 Å². The monoisotopic (exact) mass is 111 g/mol. The highest BCUT2D eigenvalue weighted by Gasteiger charge is 1.80. The van der Waals surface area contributed by atoms with Crippen LogP contribution in [0.2, 0.25) is 0 Å². The number of nitrogens with zero attached hydrogens (tertiary/aromatic N) is 1. The van der Waals surface area contributed by atoms with Crippen molar-refractivity contribution in [2.45, 2.75) is 0 Å². The van der Waals surface area contributed by atoms with Crippen LogP contribution in [-0.4, -0.2) is 4.37 Å². The van der Waals surface area contributed by atoms with E-state index in [9.17, 15) is 0 Å². The van der Waals surface area contributed by atoms with E-state index >= 15 is 0 Å². The van der Waals surface area contributed by atoms with Gasteiger partial charge in [0.05, 0.1) is 0 Å². The first-order valence-corrected chi connectivity index (χ1v) is 2.74. The summed E-state index contributed by atoms with van der Waals surface area (Å²) in [5.41, 5.74) is 0. The lowest BCUT2D eigenvalue weighted by molar-refractivity contribution is 1.58. The van der Waals surface area contributed by atoms with Gasteiger partial charge < -0.3 is 0 Å². The number of rotatable bonds is 1. The summed E-state index contributed by atoms with van der Waals surface area (Å²) in [4.78, 5) is 1.13. The first-order chi connectivity index (χ1) is 3.43. The van der Waals surface area contributed by atoms with Gasteiger partial charge in [0, 0.05) is 11.1 Å². The van der Waals surface area contributed by atoms with Crippen molar-refractivity contribution in [3.8, 4) is 0 Å². The van der Waals surface area contributed by atoms with E-state index in [-0.39, 0.29) is 0 Å². The van der Waals surface area contributed by atoms with E-state index in [1.807, 2.05) is 6.07 Å². The first kappa shape index (κ1) is 4.53. The van der Waals surface area contributed by atoms with E-state index in [2.05, 4.69) is 11.0 Å². The molecule has 2 heteroatoms. The van der Waals surface area contributed by atoms with Crippen molar-refractivity contribution in [3.05, 3.63) is 23.7 Å². The Morgan fingerprint density at radius 3 is 3.00 bits per heavy atom. The standard InChI is InChI=1S/C5H5NS/c1-2-5-3-4-6-7-5/h2-4H,1H2. The predicted molar refractivity (Wildman–Crippen MR) is 32.2 cm³/mol. The van der Waals surface area contributed by atoms with Crippen LogP contribution in [0.4, 0.5) is 0 Å².